The second-order valence-corrected chi connectivity index (χ2v) is 7.89. The van der Waals surface area contributed by atoms with E-state index >= 15 is 0 Å². The Morgan fingerprint density at radius 2 is 2.04 bits per heavy atom. The summed E-state index contributed by atoms with van der Waals surface area (Å²) in [5, 5.41) is 9.49. The highest BCUT2D eigenvalue weighted by Crippen LogP contribution is 2.25. The van der Waals surface area contributed by atoms with Gasteiger partial charge in [0, 0.05) is 30.4 Å². The Morgan fingerprint density at radius 3 is 2.62 bits per heavy atom. The van der Waals surface area contributed by atoms with Crippen LogP contribution in [-0.4, -0.2) is 47.9 Å². The van der Waals surface area contributed by atoms with Crippen LogP contribution >= 0.6 is 11.3 Å². The SMILES string of the molecule is CCNC(=NCc1csc(C(C)(C)C)n1)NCC(=O)N1CCCC1. The van der Waals surface area contributed by atoms with Gasteiger partial charge in [0.25, 0.3) is 0 Å². The number of nitrogens with one attached hydrogen (secondary N) is 2. The Bertz CT molecular complexity index is 570. The fourth-order valence-corrected chi connectivity index (χ4v) is 3.36. The van der Waals surface area contributed by atoms with Crippen molar-refractivity contribution >= 4 is 23.2 Å². The number of carbonyl (C=O) groups is 1. The number of amides is 1. The van der Waals surface area contributed by atoms with Crippen molar-refractivity contribution in [1.29, 1.82) is 0 Å². The molecule has 134 valence electrons. The van der Waals surface area contributed by atoms with E-state index in [0.717, 1.165) is 43.2 Å². The quantitative estimate of drug-likeness (QED) is 0.630. The predicted molar refractivity (Wildman–Crippen MR) is 99.4 cm³/mol. The van der Waals surface area contributed by atoms with E-state index in [9.17, 15) is 4.79 Å². The van der Waals surface area contributed by atoms with Crippen LogP contribution in [0, 0.1) is 0 Å². The molecule has 1 aliphatic heterocycles. The van der Waals surface area contributed by atoms with Crippen molar-refractivity contribution in [3.8, 4) is 0 Å². The maximum atomic E-state index is 12.1. The average molecular weight is 352 g/mol. The molecular formula is C17H29N5OS. The van der Waals surface area contributed by atoms with Crippen LogP contribution in [0.4, 0.5) is 0 Å². The molecule has 0 bridgehead atoms. The van der Waals surface area contributed by atoms with Crippen LogP contribution < -0.4 is 10.6 Å². The molecular weight excluding hydrogens is 322 g/mol. The molecule has 6 nitrogen and oxygen atoms in total. The number of aromatic nitrogens is 1. The van der Waals surface area contributed by atoms with Gasteiger partial charge >= 0.3 is 0 Å². The number of rotatable bonds is 5. The fourth-order valence-electron chi connectivity index (χ4n) is 2.46. The highest BCUT2D eigenvalue weighted by atomic mass is 32.1. The van der Waals surface area contributed by atoms with Gasteiger partial charge in [-0.15, -0.1) is 11.3 Å². The lowest BCUT2D eigenvalue weighted by Gasteiger charge is -2.17. The standard InChI is InChI=1S/C17H29N5OS/c1-5-18-16(20-11-14(23)22-8-6-7-9-22)19-10-13-12-24-15(21-13)17(2,3)4/h12H,5-11H2,1-4H3,(H2,18,19,20). The third-order valence-corrected chi connectivity index (χ3v) is 5.12. The van der Waals surface area contributed by atoms with E-state index in [1.54, 1.807) is 11.3 Å². The van der Waals surface area contributed by atoms with Gasteiger partial charge in [-0.1, -0.05) is 20.8 Å². The van der Waals surface area contributed by atoms with Crippen LogP contribution in [0.2, 0.25) is 0 Å². The molecule has 0 atom stereocenters. The van der Waals surface area contributed by atoms with E-state index in [0.29, 0.717) is 12.5 Å². The topological polar surface area (TPSA) is 69.6 Å². The number of nitrogens with zero attached hydrogens (tertiary/aromatic N) is 3. The molecule has 2 heterocycles. The van der Waals surface area contributed by atoms with E-state index in [1.165, 1.54) is 0 Å². The van der Waals surface area contributed by atoms with Crippen molar-refractivity contribution in [2.24, 2.45) is 4.99 Å². The molecule has 0 saturated carbocycles. The summed E-state index contributed by atoms with van der Waals surface area (Å²) >= 11 is 1.67. The van der Waals surface area contributed by atoms with E-state index < -0.39 is 0 Å². The summed E-state index contributed by atoms with van der Waals surface area (Å²) in [5.74, 6) is 0.803. The largest absolute Gasteiger partial charge is 0.357 e. The first kappa shape index (κ1) is 18.7. The Labute approximate surface area is 148 Å². The molecule has 0 unspecified atom stereocenters. The van der Waals surface area contributed by atoms with E-state index in [1.807, 2.05) is 11.8 Å². The second kappa shape index (κ2) is 8.46. The molecule has 1 saturated heterocycles. The first-order chi connectivity index (χ1) is 11.4. The van der Waals surface area contributed by atoms with Gasteiger partial charge in [-0.2, -0.15) is 0 Å². The fraction of sp³-hybridized carbons (Fsp3) is 0.706. The molecule has 1 aromatic heterocycles. The number of carbonyl (C=O) groups excluding carboxylic acids is 1. The van der Waals surface area contributed by atoms with Crippen LogP contribution in [-0.2, 0) is 16.8 Å². The second-order valence-electron chi connectivity index (χ2n) is 7.03. The lowest BCUT2D eigenvalue weighted by Crippen LogP contribution is -2.44. The normalized spacial score (nSPS) is 15.7. The van der Waals surface area contributed by atoms with Gasteiger partial charge in [0.05, 0.1) is 23.8 Å². The Kier molecular flexibility index (Phi) is 6.60. The molecule has 1 fully saturated rings. The number of hydrogen-bond donors (Lipinski definition) is 2. The van der Waals surface area contributed by atoms with Crippen molar-refractivity contribution in [2.45, 2.75) is 52.5 Å². The van der Waals surface area contributed by atoms with Gasteiger partial charge in [-0.3, -0.25) is 4.79 Å². The molecule has 1 amide bonds. The first-order valence-corrected chi connectivity index (χ1v) is 9.53. The Balaban J connectivity index is 1.90. The molecule has 0 radical (unpaired) electrons. The molecule has 0 aromatic carbocycles. The molecule has 7 heteroatoms. The summed E-state index contributed by atoms with van der Waals surface area (Å²) in [6, 6.07) is 0. The number of guanidine groups is 1. The highest BCUT2D eigenvalue weighted by molar-refractivity contribution is 7.09. The summed E-state index contributed by atoms with van der Waals surface area (Å²) in [4.78, 5) is 23.2. The van der Waals surface area contributed by atoms with Crippen molar-refractivity contribution in [3.63, 3.8) is 0 Å². The maximum Gasteiger partial charge on any atom is 0.241 e. The Morgan fingerprint density at radius 1 is 1.33 bits per heavy atom. The number of thiazole rings is 1. The van der Waals surface area contributed by atoms with Crippen LogP contribution in [0.15, 0.2) is 10.4 Å². The van der Waals surface area contributed by atoms with Gasteiger partial charge < -0.3 is 15.5 Å². The monoisotopic (exact) mass is 351 g/mol. The maximum absolute atomic E-state index is 12.1. The third-order valence-electron chi connectivity index (χ3n) is 3.80. The zero-order chi connectivity index (χ0) is 17.6. The number of aliphatic imine (C=N–C) groups is 1. The van der Waals surface area contributed by atoms with Gasteiger partial charge in [0.15, 0.2) is 5.96 Å². The molecule has 0 spiro atoms. The van der Waals surface area contributed by atoms with E-state index in [4.69, 9.17) is 0 Å². The zero-order valence-corrected chi connectivity index (χ0v) is 16.0. The van der Waals surface area contributed by atoms with Crippen LogP contribution in [0.25, 0.3) is 0 Å². The van der Waals surface area contributed by atoms with Crippen molar-refractivity contribution < 1.29 is 4.79 Å². The molecule has 1 aliphatic rings. The minimum Gasteiger partial charge on any atom is -0.357 e. The van der Waals surface area contributed by atoms with E-state index in [-0.39, 0.29) is 17.9 Å². The lowest BCUT2D eigenvalue weighted by molar-refractivity contribution is -0.128. The van der Waals surface area contributed by atoms with Crippen molar-refractivity contribution in [3.05, 3.63) is 16.1 Å². The first-order valence-electron chi connectivity index (χ1n) is 8.65. The third kappa shape index (κ3) is 5.47. The molecule has 1 aromatic rings. The highest BCUT2D eigenvalue weighted by Gasteiger charge is 2.19. The van der Waals surface area contributed by atoms with E-state index in [2.05, 4.69) is 46.8 Å². The molecule has 2 rings (SSSR count). The van der Waals surface area contributed by atoms with Crippen molar-refractivity contribution in [2.75, 3.05) is 26.2 Å². The number of hydrogen-bond acceptors (Lipinski definition) is 4. The number of likely N-dealkylation sites (tertiary alicyclic amines) is 1. The van der Waals surface area contributed by atoms with Crippen LogP contribution in [0.1, 0.15) is 51.2 Å². The Hall–Kier alpha value is -1.63. The van der Waals surface area contributed by atoms with Gasteiger partial charge in [0.2, 0.25) is 5.91 Å². The van der Waals surface area contributed by atoms with Crippen LogP contribution in [0.3, 0.4) is 0 Å². The molecule has 2 N–H and O–H groups in total. The molecule has 24 heavy (non-hydrogen) atoms. The van der Waals surface area contributed by atoms with Crippen molar-refractivity contribution in [1.82, 2.24) is 20.5 Å². The van der Waals surface area contributed by atoms with Gasteiger partial charge in [-0.05, 0) is 19.8 Å². The lowest BCUT2D eigenvalue weighted by atomic mass is 9.98. The summed E-state index contributed by atoms with van der Waals surface area (Å²) in [6.07, 6.45) is 2.22. The summed E-state index contributed by atoms with van der Waals surface area (Å²) in [5.41, 5.74) is 1.03. The smallest absolute Gasteiger partial charge is 0.241 e. The van der Waals surface area contributed by atoms with Gasteiger partial charge in [-0.25, -0.2) is 9.98 Å². The predicted octanol–water partition coefficient (Wildman–Crippen LogP) is 2.12. The zero-order valence-electron chi connectivity index (χ0n) is 15.2. The summed E-state index contributed by atoms with van der Waals surface area (Å²) < 4.78 is 0. The summed E-state index contributed by atoms with van der Waals surface area (Å²) in [7, 11) is 0. The van der Waals surface area contributed by atoms with Gasteiger partial charge in [0.1, 0.15) is 0 Å². The minimum atomic E-state index is 0.0670. The molecule has 0 aliphatic carbocycles. The van der Waals surface area contributed by atoms with Crippen LogP contribution in [0.5, 0.6) is 0 Å². The average Bonchev–Trinajstić information content (AvgIpc) is 3.20. The summed E-state index contributed by atoms with van der Waals surface area (Å²) in [6.45, 7) is 11.8. The minimum absolute atomic E-state index is 0.0670.